The molecule has 1 aromatic carbocycles. The van der Waals surface area contributed by atoms with Crippen LogP contribution in [0.15, 0.2) is 36.7 Å². The Morgan fingerprint density at radius 3 is 2.88 bits per heavy atom. The van der Waals surface area contributed by atoms with Gasteiger partial charge < -0.3 is 15.0 Å². The van der Waals surface area contributed by atoms with Crippen LogP contribution in [0.25, 0.3) is 0 Å². The van der Waals surface area contributed by atoms with Crippen LogP contribution in [0.3, 0.4) is 0 Å². The molecule has 0 aliphatic rings. The first-order valence-electron chi connectivity index (χ1n) is 7.43. The van der Waals surface area contributed by atoms with Crippen molar-refractivity contribution in [1.82, 2.24) is 19.8 Å². The number of carbonyl (C=O) groups excluding carboxylic acids is 1. The van der Waals surface area contributed by atoms with E-state index in [-0.39, 0.29) is 18.4 Å². The second kappa shape index (κ2) is 8.28. The minimum Gasteiger partial charge on any atom is -0.496 e. The van der Waals surface area contributed by atoms with Crippen molar-refractivity contribution in [1.29, 1.82) is 0 Å². The summed E-state index contributed by atoms with van der Waals surface area (Å²) in [5.41, 5.74) is 0.983. The standard InChI is InChI=1S/C16H20F2N4O2/c1-21(11-14-19-9-10-22(14)15(17)18)16(23)20-8-7-12-5-3-4-6-13(12)24-2/h3-6,9-10,15H,7-8,11H2,1-2H3,(H,20,23). The van der Waals surface area contributed by atoms with Crippen molar-refractivity contribution in [3.8, 4) is 5.75 Å². The molecule has 0 spiro atoms. The largest absolute Gasteiger partial charge is 0.496 e. The third kappa shape index (κ3) is 4.43. The minimum atomic E-state index is -2.68. The van der Waals surface area contributed by atoms with E-state index in [9.17, 15) is 13.6 Å². The summed E-state index contributed by atoms with van der Waals surface area (Å²) in [6.07, 6.45) is 3.08. The number of hydrogen-bond donors (Lipinski definition) is 1. The van der Waals surface area contributed by atoms with Gasteiger partial charge in [-0.25, -0.2) is 9.78 Å². The van der Waals surface area contributed by atoms with Crippen molar-refractivity contribution >= 4 is 6.03 Å². The second-order valence-corrected chi connectivity index (χ2v) is 5.18. The number of nitrogens with one attached hydrogen (secondary N) is 1. The summed E-state index contributed by atoms with van der Waals surface area (Å²) >= 11 is 0. The molecule has 2 rings (SSSR count). The fourth-order valence-electron chi connectivity index (χ4n) is 2.28. The molecule has 24 heavy (non-hydrogen) atoms. The van der Waals surface area contributed by atoms with Crippen LogP contribution in [0.4, 0.5) is 13.6 Å². The first-order chi connectivity index (χ1) is 11.5. The number of hydrogen-bond acceptors (Lipinski definition) is 3. The average molecular weight is 338 g/mol. The number of amides is 2. The molecule has 1 heterocycles. The Morgan fingerprint density at radius 2 is 2.17 bits per heavy atom. The molecule has 0 saturated carbocycles. The van der Waals surface area contributed by atoms with Gasteiger partial charge in [-0.15, -0.1) is 0 Å². The maximum atomic E-state index is 12.8. The van der Waals surface area contributed by atoms with Gasteiger partial charge in [0.05, 0.1) is 13.7 Å². The van der Waals surface area contributed by atoms with E-state index in [1.807, 2.05) is 24.3 Å². The lowest BCUT2D eigenvalue weighted by molar-refractivity contribution is 0.0651. The number of para-hydroxylation sites is 1. The summed E-state index contributed by atoms with van der Waals surface area (Å²) in [7, 11) is 3.12. The highest BCUT2D eigenvalue weighted by Crippen LogP contribution is 2.17. The zero-order chi connectivity index (χ0) is 17.5. The lowest BCUT2D eigenvalue weighted by atomic mass is 10.1. The van der Waals surface area contributed by atoms with Crippen molar-refractivity contribution in [2.75, 3.05) is 20.7 Å². The zero-order valence-electron chi connectivity index (χ0n) is 13.6. The lowest BCUT2D eigenvalue weighted by Crippen LogP contribution is -2.38. The highest BCUT2D eigenvalue weighted by molar-refractivity contribution is 5.73. The summed E-state index contributed by atoms with van der Waals surface area (Å²) in [4.78, 5) is 17.2. The Bertz CT molecular complexity index is 676. The molecular weight excluding hydrogens is 318 g/mol. The minimum absolute atomic E-state index is 0.00215. The van der Waals surface area contributed by atoms with E-state index < -0.39 is 6.55 Å². The lowest BCUT2D eigenvalue weighted by Gasteiger charge is -2.18. The SMILES string of the molecule is COc1ccccc1CCNC(=O)N(C)Cc1nccn1C(F)F. The van der Waals surface area contributed by atoms with Crippen LogP contribution in [0.1, 0.15) is 17.9 Å². The molecule has 0 saturated heterocycles. The Labute approximate surface area is 139 Å². The van der Waals surface area contributed by atoms with Gasteiger partial charge in [0.15, 0.2) is 0 Å². The number of nitrogens with zero attached hydrogens (tertiary/aromatic N) is 3. The Kier molecular flexibility index (Phi) is 6.11. The maximum absolute atomic E-state index is 12.8. The summed E-state index contributed by atoms with van der Waals surface area (Å²) in [5, 5.41) is 2.75. The topological polar surface area (TPSA) is 59.4 Å². The van der Waals surface area contributed by atoms with Crippen molar-refractivity contribution in [3.05, 3.63) is 48.0 Å². The molecule has 2 aromatic rings. The van der Waals surface area contributed by atoms with Gasteiger partial charge in [-0.2, -0.15) is 8.78 Å². The van der Waals surface area contributed by atoms with Crippen LogP contribution in [0.2, 0.25) is 0 Å². The predicted molar refractivity (Wildman–Crippen MR) is 85.0 cm³/mol. The molecule has 0 atom stereocenters. The van der Waals surface area contributed by atoms with Crippen molar-refractivity contribution < 1.29 is 18.3 Å². The molecular formula is C16H20F2N4O2. The number of aromatic nitrogens is 2. The van der Waals surface area contributed by atoms with Crippen molar-refractivity contribution in [2.45, 2.75) is 19.5 Å². The summed E-state index contributed by atoms with van der Waals surface area (Å²) < 4.78 is 31.5. The van der Waals surface area contributed by atoms with E-state index in [0.29, 0.717) is 13.0 Å². The summed E-state index contributed by atoms with van der Waals surface area (Å²) in [6.45, 7) is -2.27. The van der Waals surface area contributed by atoms with Gasteiger partial charge in [0.1, 0.15) is 11.6 Å². The van der Waals surface area contributed by atoms with Crippen molar-refractivity contribution in [2.24, 2.45) is 0 Å². The van der Waals surface area contributed by atoms with Crippen LogP contribution in [-0.2, 0) is 13.0 Å². The Morgan fingerprint density at radius 1 is 1.42 bits per heavy atom. The molecule has 0 unspecified atom stereocenters. The van der Waals surface area contributed by atoms with E-state index in [2.05, 4.69) is 10.3 Å². The number of alkyl halides is 2. The van der Waals surface area contributed by atoms with Gasteiger partial charge in [0.2, 0.25) is 0 Å². The molecule has 8 heteroatoms. The van der Waals surface area contributed by atoms with Crippen LogP contribution in [-0.4, -0.2) is 41.2 Å². The van der Waals surface area contributed by atoms with Crippen LogP contribution in [0.5, 0.6) is 5.75 Å². The summed E-state index contributed by atoms with van der Waals surface area (Å²) in [6, 6.07) is 7.20. The average Bonchev–Trinajstić information content (AvgIpc) is 3.03. The molecule has 0 radical (unpaired) electrons. The molecule has 0 aliphatic carbocycles. The Balaban J connectivity index is 1.84. The van der Waals surface area contributed by atoms with E-state index in [0.717, 1.165) is 15.9 Å². The highest BCUT2D eigenvalue weighted by Gasteiger charge is 2.16. The smallest absolute Gasteiger partial charge is 0.319 e. The predicted octanol–water partition coefficient (Wildman–Crippen LogP) is 2.67. The van der Waals surface area contributed by atoms with E-state index in [1.165, 1.54) is 24.3 Å². The third-order valence-electron chi connectivity index (χ3n) is 3.55. The molecule has 0 fully saturated rings. The number of ether oxygens (including phenoxy) is 1. The van der Waals surface area contributed by atoms with Crippen LogP contribution >= 0.6 is 0 Å². The number of carbonyl (C=O) groups is 1. The molecule has 6 nitrogen and oxygen atoms in total. The first kappa shape index (κ1) is 17.7. The van der Waals surface area contributed by atoms with Crippen LogP contribution in [0, 0.1) is 0 Å². The molecule has 2 amide bonds. The molecule has 130 valence electrons. The van der Waals surface area contributed by atoms with Gasteiger partial charge in [-0.3, -0.25) is 4.57 Å². The van der Waals surface area contributed by atoms with E-state index >= 15 is 0 Å². The number of benzene rings is 1. The number of methoxy groups -OCH3 is 1. The highest BCUT2D eigenvalue weighted by atomic mass is 19.3. The van der Waals surface area contributed by atoms with Crippen molar-refractivity contribution in [3.63, 3.8) is 0 Å². The number of halogens is 2. The quantitative estimate of drug-likeness (QED) is 0.844. The Hall–Kier alpha value is -2.64. The number of imidazole rings is 1. The monoisotopic (exact) mass is 338 g/mol. The van der Waals surface area contributed by atoms with Gasteiger partial charge in [0, 0.05) is 26.0 Å². The van der Waals surface area contributed by atoms with E-state index in [1.54, 1.807) is 7.11 Å². The van der Waals surface area contributed by atoms with Gasteiger partial charge in [-0.1, -0.05) is 18.2 Å². The van der Waals surface area contributed by atoms with E-state index in [4.69, 9.17) is 4.74 Å². The molecule has 0 aliphatic heterocycles. The summed E-state index contributed by atoms with van der Waals surface area (Å²) in [5.74, 6) is 0.895. The molecule has 1 aromatic heterocycles. The second-order valence-electron chi connectivity index (χ2n) is 5.18. The zero-order valence-corrected chi connectivity index (χ0v) is 13.6. The normalized spacial score (nSPS) is 10.7. The van der Waals surface area contributed by atoms with Crippen LogP contribution < -0.4 is 10.1 Å². The maximum Gasteiger partial charge on any atom is 0.319 e. The molecule has 1 N–H and O–H groups in total. The fourth-order valence-corrected chi connectivity index (χ4v) is 2.28. The first-order valence-corrected chi connectivity index (χ1v) is 7.43. The fraction of sp³-hybridized carbons (Fsp3) is 0.375. The van der Waals surface area contributed by atoms with Gasteiger partial charge in [0.25, 0.3) is 0 Å². The van der Waals surface area contributed by atoms with Gasteiger partial charge >= 0.3 is 12.6 Å². The third-order valence-corrected chi connectivity index (χ3v) is 3.55. The van der Waals surface area contributed by atoms with Gasteiger partial charge in [-0.05, 0) is 18.1 Å². The number of rotatable bonds is 7. The number of urea groups is 1. The molecule has 0 bridgehead atoms.